The number of carbonyl (C=O) groups is 2. The van der Waals surface area contributed by atoms with Crippen molar-refractivity contribution in [3.63, 3.8) is 0 Å². The third-order valence-electron chi connectivity index (χ3n) is 6.98. The first kappa shape index (κ1) is 28.1. The van der Waals surface area contributed by atoms with Crippen molar-refractivity contribution >= 4 is 27.3 Å². The molecule has 2 aromatic rings. The van der Waals surface area contributed by atoms with Gasteiger partial charge in [-0.15, -0.1) is 0 Å². The van der Waals surface area contributed by atoms with Gasteiger partial charge in [0.15, 0.2) is 11.6 Å². The van der Waals surface area contributed by atoms with Crippen molar-refractivity contribution in [1.82, 2.24) is 0 Å². The van der Waals surface area contributed by atoms with Crippen LogP contribution in [0.1, 0.15) is 129 Å². The number of carbonyl (C=O) groups excluding carboxylic acids is 2. The van der Waals surface area contributed by atoms with Crippen molar-refractivity contribution in [2.24, 2.45) is 0 Å². The summed E-state index contributed by atoms with van der Waals surface area (Å²) >= 11 is 0. The monoisotopic (exact) mass is 511 g/mol. The summed E-state index contributed by atoms with van der Waals surface area (Å²) in [6.45, 7) is 2.25. The first-order chi connectivity index (χ1) is 17.4. The Kier molecular flexibility index (Phi) is 11.2. The maximum atomic E-state index is 13.1. The lowest BCUT2D eigenvalue weighted by Gasteiger charge is -2.20. The van der Waals surface area contributed by atoms with E-state index in [1.165, 1.54) is 64.2 Å². The molecule has 36 heavy (non-hydrogen) atoms. The van der Waals surface area contributed by atoms with Crippen LogP contribution in [-0.2, 0) is 10.0 Å². The van der Waals surface area contributed by atoms with Crippen LogP contribution in [0, 0.1) is 0 Å². The second-order valence-electron chi connectivity index (χ2n) is 9.95. The molecule has 0 aromatic heterocycles. The summed E-state index contributed by atoms with van der Waals surface area (Å²) in [6.07, 6.45) is 16.9. The topological polar surface area (TPSA) is 80.3 Å². The fourth-order valence-corrected chi connectivity index (χ4v) is 6.13. The minimum Gasteiger partial charge on any atom is -0.289 e. The molecule has 0 atom stereocenters. The number of benzene rings is 2. The molecular formula is C30H41NO4S. The number of unbranched alkanes of at least 4 members (excludes halogenated alkanes) is 13. The van der Waals surface area contributed by atoms with Crippen molar-refractivity contribution in [3.05, 3.63) is 64.7 Å². The molecule has 1 aliphatic rings. The SMILES string of the molecule is CCCCCCCCCCCCCCCCS(=O)(=O)Nc1cccc2c1C(=O)c1ccccc1C2=O. The van der Waals surface area contributed by atoms with Crippen molar-refractivity contribution in [2.45, 2.75) is 96.8 Å². The molecule has 6 heteroatoms. The highest BCUT2D eigenvalue weighted by Gasteiger charge is 2.32. The Morgan fingerprint density at radius 3 is 1.61 bits per heavy atom. The molecular weight excluding hydrogens is 470 g/mol. The van der Waals surface area contributed by atoms with E-state index in [4.69, 9.17) is 0 Å². The number of hydrogen-bond donors (Lipinski definition) is 1. The van der Waals surface area contributed by atoms with Crippen LogP contribution in [-0.4, -0.2) is 25.7 Å². The molecule has 0 amide bonds. The van der Waals surface area contributed by atoms with Crippen molar-refractivity contribution in [2.75, 3.05) is 10.5 Å². The Morgan fingerprint density at radius 2 is 1.06 bits per heavy atom. The fourth-order valence-electron chi connectivity index (χ4n) is 4.94. The van der Waals surface area contributed by atoms with E-state index in [0.717, 1.165) is 19.3 Å². The van der Waals surface area contributed by atoms with Crippen LogP contribution in [0.2, 0.25) is 0 Å². The maximum absolute atomic E-state index is 13.1. The van der Waals surface area contributed by atoms with Gasteiger partial charge in [-0.3, -0.25) is 14.3 Å². The Bertz CT molecular complexity index is 1120. The van der Waals surface area contributed by atoms with Gasteiger partial charge in [0, 0.05) is 16.7 Å². The van der Waals surface area contributed by atoms with Crippen LogP contribution < -0.4 is 4.72 Å². The molecule has 0 heterocycles. The number of ketones is 2. The molecule has 1 aliphatic carbocycles. The minimum absolute atomic E-state index is 0.00736. The van der Waals surface area contributed by atoms with E-state index in [1.54, 1.807) is 42.5 Å². The Labute approximate surface area is 217 Å². The number of anilines is 1. The summed E-state index contributed by atoms with van der Waals surface area (Å²) < 4.78 is 28.0. The van der Waals surface area contributed by atoms with E-state index in [1.807, 2.05) is 0 Å². The van der Waals surface area contributed by atoms with Gasteiger partial charge in [0.1, 0.15) is 0 Å². The standard InChI is InChI=1S/C30H41NO4S/c1-2-3-4-5-6-7-8-9-10-11-12-13-14-17-23-36(34,35)31-27-22-18-21-26-28(27)30(33)25-20-16-15-19-24(25)29(26)32/h15-16,18-22,31H,2-14,17,23H2,1H3. The molecule has 196 valence electrons. The lowest BCUT2D eigenvalue weighted by atomic mass is 9.83. The van der Waals surface area contributed by atoms with Crippen LogP contribution in [0.5, 0.6) is 0 Å². The first-order valence-corrected chi connectivity index (χ1v) is 15.4. The van der Waals surface area contributed by atoms with E-state index in [9.17, 15) is 18.0 Å². The van der Waals surface area contributed by atoms with Gasteiger partial charge in [-0.1, -0.05) is 127 Å². The quantitative estimate of drug-likeness (QED) is 0.188. The lowest BCUT2D eigenvalue weighted by molar-refractivity contribution is 0.0979. The average molecular weight is 512 g/mol. The molecule has 0 unspecified atom stereocenters. The van der Waals surface area contributed by atoms with Crippen molar-refractivity contribution < 1.29 is 18.0 Å². The maximum Gasteiger partial charge on any atom is 0.232 e. The second kappa shape index (κ2) is 14.3. The van der Waals surface area contributed by atoms with Gasteiger partial charge < -0.3 is 0 Å². The molecule has 0 radical (unpaired) electrons. The zero-order valence-corrected chi connectivity index (χ0v) is 22.5. The zero-order chi connectivity index (χ0) is 25.8. The van der Waals surface area contributed by atoms with E-state index < -0.39 is 10.0 Å². The van der Waals surface area contributed by atoms with Crippen LogP contribution in [0.4, 0.5) is 5.69 Å². The average Bonchev–Trinajstić information content (AvgIpc) is 2.87. The van der Waals surface area contributed by atoms with E-state index in [2.05, 4.69) is 11.6 Å². The largest absolute Gasteiger partial charge is 0.289 e. The summed E-state index contributed by atoms with van der Waals surface area (Å²) in [7, 11) is -3.62. The fraction of sp³-hybridized carbons (Fsp3) is 0.533. The summed E-state index contributed by atoms with van der Waals surface area (Å²) in [5, 5.41) is 0. The number of hydrogen-bond acceptors (Lipinski definition) is 4. The molecule has 0 aliphatic heterocycles. The second-order valence-corrected chi connectivity index (χ2v) is 11.8. The number of nitrogens with one attached hydrogen (secondary N) is 1. The number of fused-ring (bicyclic) bond motifs is 2. The van der Waals surface area contributed by atoms with Crippen molar-refractivity contribution in [3.8, 4) is 0 Å². The summed E-state index contributed by atoms with van der Waals surface area (Å²) in [5.41, 5.74) is 1.25. The molecule has 3 rings (SSSR count). The lowest BCUT2D eigenvalue weighted by Crippen LogP contribution is -2.24. The van der Waals surface area contributed by atoms with Gasteiger partial charge in [-0.05, 0) is 12.5 Å². The van der Waals surface area contributed by atoms with E-state index >= 15 is 0 Å². The van der Waals surface area contributed by atoms with Gasteiger partial charge in [-0.2, -0.15) is 0 Å². The van der Waals surface area contributed by atoms with Crippen LogP contribution >= 0.6 is 0 Å². The van der Waals surface area contributed by atoms with Gasteiger partial charge in [-0.25, -0.2) is 8.42 Å². The predicted molar refractivity (Wildman–Crippen MR) is 147 cm³/mol. The molecule has 0 spiro atoms. The highest BCUT2D eigenvalue weighted by Crippen LogP contribution is 2.32. The van der Waals surface area contributed by atoms with Gasteiger partial charge in [0.25, 0.3) is 0 Å². The van der Waals surface area contributed by atoms with Gasteiger partial charge in [0.2, 0.25) is 10.0 Å². The molecule has 0 saturated carbocycles. The van der Waals surface area contributed by atoms with Gasteiger partial charge >= 0.3 is 0 Å². The summed E-state index contributed by atoms with van der Waals surface area (Å²) in [6, 6.07) is 11.4. The van der Waals surface area contributed by atoms with E-state index in [-0.39, 0.29) is 34.1 Å². The molecule has 0 bridgehead atoms. The Hall–Kier alpha value is -2.47. The third kappa shape index (κ3) is 8.02. The predicted octanol–water partition coefficient (Wildman–Crippen LogP) is 7.69. The minimum atomic E-state index is -3.62. The third-order valence-corrected chi connectivity index (χ3v) is 8.34. The molecule has 1 N–H and O–H groups in total. The number of sulfonamides is 1. The Morgan fingerprint density at radius 1 is 0.583 bits per heavy atom. The van der Waals surface area contributed by atoms with Crippen LogP contribution in [0.25, 0.3) is 0 Å². The zero-order valence-electron chi connectivity index (χ0n) is 21.7. The van der Waals surface area contributed by atoms with E-state index in [0.29, 0.717) is 17.5 Å². The highest BCUT2D eigenvalue weighted by atomic mass is 32.2. The molecule has 5 nitrogen and oxygen atoms in total. The van der Waals surface area contributed by atoms with Crippen LogP contribution in [0.15, 0.2) is 42.5 Å². The van der Waals surface area contributed by atoms with Gasteiger partial charge in [0.05, 0.1) is 17.0 Å². The first-order valence-electron chi connectivity index (χ1n) is 13.8. The smallest absolute Gasteiger partial charge is 0.232 e. The Balaban J connectivity index is 1.37. The highest BCUT2D eigenvalue weighted by molar-refractivity contribution is 7.92. The molecule has 0 fully saturated rings. The normalized spacial score (nSPS) is 12.9. The summed E-state index contributed by atoms with van der Waals surface area (Å²) in [5.74, 6) is -0.573. The van der Waals surface area contributed by atoms with Crippen LogP contribution in [0.3, 0.4) is 0 Å². The van der Waals surface area contributed by atoms with Crippen molar-refractivity contribution in [1.29, 1.82) is 0 Å². The molecule has 2 aromatic carbocycles. The summed E-state index contributed by atoms with van der Waals surface area (Å²) in [4.78, 5) is 25.9. The number of rotatable bonds is 17. The molecule has 0 saturated heterocycles.